The second kappa shape index (κ2) is 6.79. The minimum atomic E-state index is -0.798. The maximum absolute atomic E-state index is 10.2. The highest BCUT2D eigenvalue weighted by Crippen LogP contribution is 2.39. The Hall–Kier alpha value is -1.49. The van der Waals surface area contributed by atoms with Crippen molar-refractivity contribution in [3.8, 4) is 11.5 Å². The molecule has 2 atom stereocenters. The van der Waals surface area contributed by atoms with Gasteiger partial charge in [0.2, 0.25) is 0 Å². The summed E-state index contributed by atoms with van der Waals surface area (Å²) in [7, 11) is 3.20. The fraction of sp³-hybridized carbons (Fsp3) is 0.333. The Bertz CT molecular complexity index is 587. The number of benzene rings is 2. The molecule has 0 bridgehead atoms. The second-order valence-electron chi connectivity index (χ2n) is 4.55. The van der Waals surface area contributed by atoms with Crippen LogP contribution in [0.4, 0.5) is 0 Å². The Morgan fingerprint density at radius 3 is 2.20 bits per heavy atom. The first-order valence-electron chi connectivity index (χ1n) is 6.17. The Balaban J connectivity index is 0.00000200. The summed E-state index contributed by atoms with van der Waals surface area (Å²) in [5.41, 5.74) is 6.43. The van der Waals surface area contributed by atoms with Crippen LogP contribution in [0.1, 0.15) is 18.6 Å². The van der Waals surface area contributed by atoms with Gasteiger partial charge in [-0.1, -0.05) is 24.3 Å². The zero-order valence-electron chi connectivity index (χ0n) is 11.8. The molecule has 0 heterocycles. The molecule has 110 valence electrons. The number of fused-ring (bicyclic) bond motifs is 1. The molecule has 0 aliphatic rings. The van der Waals surface area contributed by atoms with Crippen LogP contribution in [0.2, 0.25) is 0 Å². The van der Waals surface area contributed by atoms with E-state index in [1.807, 2.05) is 24.3 Å². The van der Waals surface area contributed by atoms with Crippen molar-refractivity contribution in [3.63, 3.8) is 0 Å². The lowest BCUT2D eigenvalue weighted by molar-refractivity contribution is 0.149. The largest absolute Gasteiger partial charge is 0.496 e. The van der Waals surface area contributed by atoms with E-state index in [0.29, 0.717) is 17.1 Å². The van der Waals surface area contributed by atoms with Crippen LogP contribution in [-0.4, -0.2) is 25.4 Å². The molecule has 3 N–H and O–H groups in total. The van der Waals surface area contributed by atoms with Gasteiger partial charge in [0.05, 0.1) is 20.3 Å². The average Bonchev–Trinajstić information content (AvgIpc) is 2.44. The number of ether oxygens (including phenoxy) is 2. The van der Waals surface area contributed by atoms with Crippen LogP contribution in [0.5, 0.6) is 11.5 Å². The normalized spacial score (nSPS) is 13.4. The molecular formula is C15H20ClNO3. The van der Waals surface area contributed by atoms with Gasteiger partial charge < -0.3 is 20.3 Å². The highest BCUT2D eigenvalue weighted by molar-refractivity contribution is 5.94. The zero-order valence-corrected chi connectivity index (χ0v) is 12.6. The van der Waals surface area contributed by atoms with Gasteiger partial charge >= 0.3 is 0 Å². The average molecular weight is 298 g/mol. The van der Waals surface area contributed by atoms with Crippen LogP contribution in [0, 0.1) is 0 Å². The number of aliphatic hydroxyl groups excluding tert-OH is 1. The van der Waals surface area contributed by atoms with Gasteiger partial charge in [-0.25, -0.2) is 0 Å². The van der Waals surface area contributed by atoms with Crippen LogP contribution in [-0.2, 0) is 0 Å². The van der Waals surface area contributed by atoms with Crippen LogP contribution in [0.25, 0.3) is 10.8 Å². The summed E-state index contributed by atoms with van der Waals surface area (Å²) in [5, 5.41) is 12.1. The number of halogens is 1. The molecule has 0 aliphatic heterocycles. The fourth-order valence-electron chi connectivity index (χ4n) is 2.24. The maximum Gasteiger partial charge on any atom is 0.132 e. The van der Waals surface area contributed by atoms with Gasteiger partial charge in [-0.2, -0.15) is 0 Å². The topological polar surface area (TPSA) is 64.7 Å². The highest BCUT2D eigenvalue weighted by atomic mass is 35.5. The minimum absolute atomic E-state index is 0. The SMILES string of the molecule is COc1cc(C(O)C(C)N)c(OC)c2ccccc12.Cl. The van der Waals surface area contributed by atoms with E-state index in [1.165, 1.54) is 0 Å². The molecule has 0 aliphatic carbocycles. The first-order valence-corrected chi connectivity index (χ1v) is 6.17. The Morgan fingerprint density at radius 2 is 1.70 bits per heavy atom. The van der Waals surface area contributed by atoms with Gasteiger partial charge in [-0.15, -0.1) is 12.4 Å². The molecular weight excluding hydrogens is 278 g/mol. The molecule has 0 saturated carbocycles. The van der Waals surface area contributed by atoms with E-state index in [-0.39, 0.29) is 18.4 Å². The number of hydrogen-bond acceptors (Lipinski definition) is 4. The summed E-state index contributed by atoms with van der Waals surface area (Å²) in [6.45, 7) is 1.76. The summed E-state index contributed by atoms with van der Waals surface area (Å²) >= 11 is 0. The van der Waals surface area contributed by atoms with Crippen LogP contribution >= 0.6 is 12.4 Å². The summed E-state index contributed by atoms with van der Waals surface area (Å²) in [6, 6.07) is 9.15. The quantitative estimate of drug-likeness (QED) is 0.910. The van der Waals surface area contributed by atoms with E-state index in [9.17, 15) is 5.11 Å². The number of hydrogen-bond donors (Lipinski definition) is 2. The van der Waals surface area contributed by atoms with Crippen molar-refractivity contribution in [3.05, 3.63) is 35.9 Å². The third-order valence-corrected chi connectivity index (χ3v) is 3.23. The lowest BCUT2D eigenvalue weighted by Crippen LogP contribution is -2.24. The molecule has 2 rings (SSSR count). The lowest BCUT2D eigenvalue weighted by atomic mass is 9.97. The summed E-state index contributed by atoms with van der Waals surface area (Å²) in [6.07, 6.45) is -0.798. The molecule has 0 aromatic heterocycles. The number of nitrogens with two attached hydrogens (primary N) is 1. The summed E-state index contributed by atoms with van der Waals surface area (Å²) < 4.78 is 10.8. The van der Waals surface area contributed by atoms with Crippen LogP contribution in [0.15, 0.2) is 30.3 Å². The number of methoxy groups -OCH3 is 2. The van der Waals surface area contributed by atoms with Gasteiger partial charge in [0.15, 0.2) is 0 Å². The maximum atomic E-state index is 10.2. The lowest BCUT2D eigenvalue weighted by Gasteiger charge is -2.21. The Kier molecular flexibility index (Phi) is 5.62. The fourth-order valence-corrected chi connectivity index (χ4v) is 2.24. The van der Waals surface area contributed by atoms with E-state index >= 15 is 0 Å². The highest BCUT2D eigenvalue weighted by Gasteiger charge is 2.21. The molecule has 2 aromatic carbocycles. The molecule has 20 heavy (non-hydrogen) atoms. The van der Waals surface area contributed by atoms with Crippen molar-refractivity contribution in [1.82, 2.24) is 0 Å². The predicted molar refractivity (Wildman–Crippen MR) is 82.9 cm³/mol. The second-order valence-corrected chi connectivity index (χ2v) is 4.55. The molecule has 0 fully saturated rings. The van der Waals surface area contributed by atoms with E-state index in [1.54, 1.807) is 27.2 Å². The predicted octanol–water partition coefficient (Wildman–Crippen LogP) is 2.66. The third kappa shape index (κ3) is 2.82. The molecule has 0 radical (unpaired) electrons. The zero-order chi connectivity index (χ0) is 14.0. The molecule has 2 unspecified atom stereocenters. The van der Waals surface area contributed by atoms with Crippen molar-refractivity contribution in [1.29, 1.82) is 0 Å². The van der Waals surface area contributed by atoms with Gasteiger partial charge in [0.1, 0.15) is 11.5 Å². The van der Waals surface area contributed by atoms with Crippen LogP contribution < -0.4 is 15.2 Å². The summed E-state index contributed by atoms with van der Waals surface area (Å²) in [5.74, 6) is 1.34. The van der Waals surface area contributed by atoms with E-state index in [2.05, 4.69) is 0 Å². The van der Waals surface area contributed by atoms with Crippen molar-refractivity contribution >= 4 is 23.2 Å². The first kappa shape index (κ1) is 16.6. The molecule has 0 spiro atoms. The van der Waals surface area contributed by atoms with Crippen molar-refractivity contribution < 1.29 is 14.6 Å². The van der Waals surface area contributed by atoms with Gasteiger partial charge in [-0.3, -0.25) is 0 Å². The van der Waals surface area contributed by atoms with Gasteiger partial charge in [0.25, 0.3) is 0 Å². The third-order valence-electron chi connectivity index (χ3n) is 3.23. The van der Waals surface area contributed by atoms with E-state index in [0.717, 1.165) is 10.8 Å². The minimum Gasteiger partial charge on any atom is -0.496 e. The molecule has 2 aromatic rings. The summed E-state index contributed by atoms with van der Waals surface area (Å²) in [4.78, 5) is 0. The first-order chi connectivity index (χ1) is 9.10. The number of rotatable bonds is 4. The number of aliphatic hydroxyl groups is 1. The van der Waals surface area contributed by atoms with E-state index < -0.39 is 6.10 Å². The standard InChI is InChI=1S/C15H19NO3.ClH/c1-9(16)14(17)12-8-13(18-2)10-6-4-5-7-11(10)15(12)19-3;/h4-9,14,17H,16H2,1-3H3;1H. The Morgan fingerprint density at radius 1 is 1.10 bits per heavy atom. The monoisotopic (exact) mass is 297 g/mol. The van der Waals surface area contributed by atoms with Crippen molar-refractivity contribution in [2.24, 2.45) is 5.73 Å². The van der Waals surface area contributed by atoms with E-state index in [4.69, 9.17) is 15.2 Å². The molecule has 0 amide bonds. The Labute approximate surface area is 124 Å². The van der Waals surface area contributed by atoms with Gasteiger partial charge in [0, 0.05) is 22.4 Å². The van der Waals surface area contributed by atoms with Crippen molar-refractivity contribution in [2.45, 2.75) is 19.1 Å². The smallest absolute Gasteiger partial charge is 0.132 e. The molecule has 5 heteroatoms. The molecule has 0 saturated heterocycles. The molecule has 4 nitrogen and oxygen atoms in total. The van der Waals surface area contributed by atoms with Crippen LogP contribution in [0.3, 0.4) is 0 Å². The van der Waals surface area contributed by atoms with Gasteiger partial charge in [-0.05, 0) is 13.0 Å². The van der Waals surface area contributed by atoms with Crippen molar-refractivity contribution in [2.75, 3.05) is 14.2 Å².